The highest BCUT2D eigenvalue weighted by atomic mass is 32.2. The van der Waals surface area contributed by atoms with Crippen LogP contribution in [0.5, 0.6) is 0 Å². The number of aliphatic imine (C=N–C) groups is 1. The van der Waals surface area contributed by atoms with E-state index in [0.29, 0.717) is 4.90 Å². The minimum absolute atomic E-state index is 0.165. The highest BCUT2D eigenvalue weighted by molar-refractivity contribution is 8.02. The number of thioether (sulfide) groups is 1. The molecule has 1 aliphatic heterocycles. The second-order valence-electron chi connectivity index (χ2n) is 5.88. The highest BCUT2D eigenvalue weighted by Crippen LogP contribution is 2.40. The minimum atomic E-state index is -0.607. The van der Waals surface area contributed by atoms with E-state index in [-0.39, 0.29) is 22.3 Å². The smallest absolute Gasteiger partial charge is 0.260 e. The Hall–Kier alpha value is -1.51. The SMILES string of the molecule is CNC(=S)OC[N+]1(C)C=NC(C(C)C)=C1Sc1cc(F)cc(F)c1. The van der Waals surface area contributed by atoms with E-state index in [1.165, 1.54) is 23.9 Å². The van der Waals surface area contributed by atoms with Gasteiger partial charge in [-0.15, -0.1) is 0 Å². The van der Waals surface area contributed by atoms with Crippen LogP contribution in [0.25, 0.3) is 0 Å². The van der Waals surface area contributed by atoms with Crippen molar-refractivity contribution in [3.05, 3.63) is 40.6 Å². The molecule has 1 atom stereocenters. The summed E-state index contributed by atoms with van der Waals surface area (Å²) in [5.41, 5.74) is 0.867. The van der Waals surface area contributed by atoms with Gasteiger partial charge in [-0.05, 0) is 36.1 Å². The van der Waals surface area contributed by atoms with Crippen molar-refractivity contribution in [2.24, 2.45) is 10.9 Å². The molecule has 0 aromatic heterocycles. The number of halogens is 2. The Kier molecular flexibility index (Phi) is 5.95. The summed E-state index contributed by atoms with van der Waals surface area (Å²) in [4.78, 5) is 4.97. The van der Waals surface area contributed by atoms with Crippen molar-refractivity contribution in [2.45, 2.75) is 18.7 Å². The van der Waals surface area contributed by atoms with E-state index >= 15 is 0 Å². The lowest BCUT2D eigenvalue weighted by atomic mass is 10.1. The summed E-state index contributed by atoms with van der Waals surface area (Å²) in [6.07, 6.45) is 1.76. The fraction of sp³-hybridized carbons (Fsp3) is 0.375. The average Bonchev–Trinajstić information content (AvgIpc) is 2.81. The van der Waals surface area contributed by atoms with E-state index in [0.717, 1.165) is 16.8 Å². The summed E-state index contributed by atoms with van der Waals surface area (Å²) >= 11 is 6.30. The molecule has 0 spiro atoms. The Bertz CT molecular complexity index is 686. The molecule has 2 rings (SSSR count). The molecule has 0 fully saturated rings. The molecule has 1 aromatic carbocycles. The van der Waals surface area contributed by atoms with Crippen LogP contribution in [0, 0.1) is 17.6 Å². The molecule has 1 aliphatic rings. The Balaban J connectivity index is 2.32. The predicted octanol–water partition coefficient (Wildman–Crippen LogP) is 3.85. The molecule has 130 valence electrons. The van der Waals surface area contributed by atoms with E-state index in [4.69, 9.17) is 17.0 Å². The van der Waals surface area contributed by atoms with Gasteiger partial charge in [0, 0.05) is 23.9 Å². The van der Waals surface area contributed by atoms with Gasteiger partial charge in [0.25, 0.3) is 5.17 Å². The third-order valence-electron chi connectivity index (χ3n) is 3.40. The van der Waals surface area contributed by atoms with E-state index in [2.05, 4.69) is 10.3 Å². The maximum Gasteiger partial charge on any atom is 0.260 e. The molecule has 1 unspecified atom stereocenters. The molecular weight excluding hydrogens is 352 g/mol. The Morgan fingerprint density at radius 1 is 1.33 bits per heavy atom. The van der Waals surface area contributed by atoms with E-state index < -0.39 is 11.6 Å². The first-order valence-electron chi connectivity index (χ1n) is 7.39. The van der Waals surface area contributed by atoms with Crippen LogP contribution < -0.4 is 5.32 Å². The average molecular weight is 372 g/mol. The number of benzene rings is 1. The number of nitrogens with zero attached hydrogens (tertiary/aromatic N) is 2. The quantitative estimate of drug-likeness (QED) is 0.629. The summed E-state index contributed by atoms with van der Waals surface area (Å²) in [7, 11) is 3.59. The number of allylic oxidation sites excluding steroid dienone is 1. The van der Waals surface area contributed by atoms with Gasteiger partial charge in [-0.1, -0.05) is 13.8 Å². The molecule has 0 radical (unpaired) electrons. The van der Waals surface area contributed by atoms with Crippen LogP contribution in [0.2, 0.25) is 0 Å². The monoisotopic (exact) mass is 372 g/mol. The van der Waals surface area contributed by atoms with Gasteiger partial charge in [-0.25, -0.2) is 18.3 Å². The number of thiocarbonyl (C=S) groups is 1. The molecule has 1 heterocycles. The minimum Gasteiger partial charge on any atom is -0.419 e. The molecule has 0 bridgehead atoms. The number of ether oxygens (including phenoxy) is 1. The topological polar surface area (TPSA) is 33.6 Å². The van der Waals surface area contributed by atoms with Crippen LogP contribution in [0.1, 0.15) is 13.8 Å². The number of hydrogen-bond donors (Lipinski definition) is 1. The van der Waals surface area contributed by atoms with Gasteiger partial charge in [0.15, 0.2) is 6.34 Å². The summed E-state index contributed by atoms with van der Waals surface area (Å²) in [6, 6.07) is 3.47. The maximum atomic E-state index is 13.5. The van der Waals surface area contributed by atoms with E-state index in [1.807, 2.05) is 20.9 Å². The number of nitrogens with one attached hydrogen (secondary N) is 1. The van der Waals surface area contributed by atoms with E-state index in [9.17, 15) is 8.78 Å². The lowest BCUT2D eigenvalue weighted by molar-refractivity contribution is -0.783. The van der Waals surface area contributed by atoms with Gasteiger partial charge in [0.05, 0.1) is 7.05 Å². The molecule has 4 nitrogen and oxygen atoms in total. The van der Waals surface area contributed by atoms with Crippen LogP contribution in [-0.4, -0.2) is 36.8 Å². The highest BCUT2D eigenvalue weighted by Gasteiger charge is 2.37. The first-order chi connectivity index (χ1) is 11.2. The van der Waals surface area contributed by atoms with Crippen LogP contribution in [0.4, 0.5) is 8.78 Å². The maximum absolute atomic E-state index is 13.5. The molecule has 0 amide bonds. The summed E-state index contributed by atoms with van der Waals surface area (Å²) in [5, 5.41) is 3.89. The zero-order chi connectivity index (χ0) is 17.9. The van der Waals surface area contributed by atoms with Crippen LogP contribution in [0.15, 0.2) is 38.8 Å². The fourth-order valence-corrected chi connectivity index (χ4v) is 3.49. The second-order valence-corrected chi connectivity index (χ2v) is 7.31. The van der Waals surface area contributed by atoms with Crippen molar-refractivity contribution in [3.63, 3.8) is 0 Å². The predicted molar refractivity (Wildman–Crippen MR) is 96.4 cm³/mol. The van der Waals surface area contributed by atoms with Gasteiger partial charge >= 0.3 is 0 Å². The van der Waals surface area contributed by atoms with E-state index in [1.54, 1.807) is 13.4 Å². The summed E-state index contributed by atoms with van der Waals surface area (Å²) < 4.78 is 32.8. The molecule has 1 aromatic rings. The van der Waals surface area contributed by atoms with Gasteiger partial charge in [-0.3, -0.25) is 0 Å². The fourth-order valence-electron chi connectivity index (χ4n) is 2.17. The molecule has 0 aliphatic carbocycles. The van der Waals surface area contributed by atoms with Gasteiger partial charge in [0.1, 0.15) is 17.3 Å². The van der Waals surface area contributed by atoms with Crippen molar-refractivity contribution in [3.8, 4) is 0 Å². The molecule has 1 N–H and O–H groups in total. The first-order valence-corrected chi connectivity index (χ1v) is 8.61. The third-order valence-corrected chi connectivity index (χ3v) is 5.01. The number of rotatable bonds is 5. The van der Waals surface area contributed by atoms with Crippen LogP contribution in [-0.2, 0) is 4.74 Å². The molecule has 0 saturated heterocycles. The normalized spacial score (nSPS) is 20.0. The van der Waals surface area contributed by atoms with Gasteiger partial charge in [0.2, 0.25) is 11.8 Å². The van der Waals surface area contributed by atoms with Gasteiger partial charge < -0.3 is 10.1 Å². The lowest BCUT2D eigenvalue weighted by Gasteiger charge is -2.27. The van der Waals surface area contributed by atoms with Crippen molar-refractivity contribution >= 4 is 35.5 Å². The molecule has 8 heteroatoms. The van der Waals surface area contributed by atoms with Gasteiger partial charge in [-0.2, -0.15) is 0 Å². The zero-order valence-corrected chi connectivity index (χ0v) is 15.6. The molecular formula is C16H20F2N3OS2+. The van der Waals surface area contributed by atoms with Crippen LogP contribution >= 0.6 is 24.0 Å². The second kappa shape index (κ2) is 7.58. The standard InChI is InChI=1S/C16H19F2N3OS2/c1-10(2)14-15(24-13-6-11(17)5-12(18)7-13)21(4,8-20-14)9-22-16(23)19-3/h5-8,10H,9H2,1-4H3/p+1. The summed E-state index contributed by atoms with van der Waals surface area (Å²) in [5.74, 6) is -1.05. The Morgan fingerprint density at radius 2 is 1.96 bits per heavy atom. The largest absolute Gasteiger partial charge is 0.419 e. The van der Waals surface area contributed by atoms with Crippen molar-refractivity contribution in [1.29, 1.82) is 0 Å². The number of quaternary nitrogens is 1. The number of hydrogen-bond acceptors (Lipinski definition) is 4. The molecule has 24 heavy (non-hydrogen) atoms. The Morgan fingerprint density at radius 3 is 2.50 bits per heavy atom. The third kappa shape index (κ3) is 4.31. The Labute approximate surface area is 150 Å². The van der Waals surface area contributed by atoms with Crippen LogP contribution in [0.3, 0.4) is 0 Å². The zero-order valence-electron chi connectivity index (χ0n) is 14.0. The summed E-state index contributed by atoms with van der Waals surface area (Å²) in [6.45, 7) is 4.28. The first kappa shape index (κ1) is 18.8. The van der Waals surface area contributed by atoms with Crippen molar-refractivity contribution < 1.29 is 18.0 Å². The van der Waals surface area contributed by atoms with Crippen molar-refractivity contribution in [1.82, 2.24) is 5.32 Å². The lowest BCUT2D eigenvalue weighted by Crippen LogP contribution is -2.42. The molecule has 0 saturated carbocycles. The van der Waals surface area contributed by atoms with Crippen molar-refractivity contribution in [2.75, 3.05) is 20.8 Å².